The fraction of sp³-hybridized carbons (Fsp3) is 0.684. The highest BCUT2D eigenvalue weighted by Gasteiger charge is 2.57. The molecule has 1 aromatic heterocycles. The molecule has 4 rings (SSSR count). The number of amidine groups is 1. The normalized spacial score (nSPS) is 31.0. The minimum atomic E-state index is -4.65. The molecule has 0 spiro atoms. The van der Waals surface area contributed by atoms with E-state index in [1.165, 1.54) is 0 Å². The van der Waals surface area contributed by atoms with Crippen LogP contribution in [0.3, 0.4) is 0 Å². The van der Waals surface area contributed by atoms with Crippen LogP contribution in [0.25, 0.3) is 0 Å². The second-order valence-electron chi connectivity index (χ2n) is 8.45. The van der Waals surface area contributed by atoms with Crippen LogP contribution in [0.15, 0.2) is 16.8 Å². The maximum absolute atomic E-state index is 13.8. The number of aryl methyl sites for hydroxylation is 1. The number of nitrogen functional groups attached to an aromatic ring is 1. The Morgan fingerprint density at radius 1 is 1.37 bits per heavy atom. The van der Waals surface area contributed by atoms with Gasteiger partial charge in [0.25, 0.3) is 0 Å². The highest BCUT2D eigenvalue weighted by atomic mass is 35.5. The minimum absolute atomic E-state index is 0.0285. The average molecular weight is 447 g/mol. The van der Waals surface area contributed by atoms with Crippen LogP contribution in [-0.4, -0.2) is 40.0 Å². The third kappa shape index (κ3) is 3.69. The number of nitrogens with one attached hydrogen (secondary N) is 2. The summed E-state index contributed by atoms with van der Waals surface area (Å²) >= 11 is 5.96. The number of rotatable bonds is 5. The summed E-state index contributed by atoms with van der Waals surface area (Å²) < 4.78 is 47.5. The quantitative estimate of drug-likeness (QED) is 0.519. The van der Waals surface area contributed by atoms with Crippen LogP contribution in [0.2, 0.25) is 0 Å². The summed E-state index contributed by atoms with van der Waals surface area (Å²) in [6.07, 6.45) is -0.339. The fourth-order valence-electron chi connectivity index (χ4n) is 5.01. The Bertz CT molecular complexity index is 845. The number of alkyl halides is 3. The molecule has 3 heterocycles. The van der Waals surface area contributed by atoms with Gasteiger partial charge in [0.1, 0.15) is 11.5 Å². The van der Waals surface area contributed by atoms with Gasteiger partial charge < -0.3 is 21.5 Å². The molecule has 0 bridgehead atoms. The van der Waals surface area contributed by atoms with E-state index in [-0.39, 0.29) is 11.2 Å². The lowest BCUT2D eigenvalue weighted by Gasteiger charge is -2.46. The monoisotopic (exact) mass is 446 g/mol. The zero-order chi connectivity index (χ0) is 21.7. The van der Waals surface area contributed by atoms with Gasteiger partial charge in [-0.05, 0) is 43.2 Å². The number of nitrogens with two attached hydrogens (primary N) is 2. The summed E-state index contributed by atoms with van der Waals surface area (Å²) in [4.78, 5) is 3.60. The molecule has 11 heteroatoms. The van der Waals surface area contributed by atoms with Crippen molar-refractivity contribution < 1.29 is 17.9 Å². The number of aliphatic imine (C=N–C) groups is 1. The molecule has 1 aliphatic carbocycles. The summed E-state index contributed by atoms with van der Waals surface area (Å²) in [5, 5.41) is 9.39. The highest BCUT2D eigenvalue weighted by Crippen LogP contribution is 2.48. The van der Waals surface area contributed by atoms with Crippen LogP contribution in [0.5, 0.6) is 0 Å². The van der Waals surface area contributed by atoms with Crippen molar-refractivity contribution in [1.29, 1.82) is 0 Å². The summed E-state index contributed by atoms with van der Waals surface area (Å²) in [6.45, 7) is 2.19. The molecule has 0 aromatic carbocycles. The molecular formula is C19H26ClF3N6O. The molecule has 7 nitrogen and oxygen atoms in total. The first-order chi connectivity index (χ1) is 14.1. The van der Waals surface area contributed by atoms with Crippen LogP contribution < -0.4 is 16.8 Å². The number of H-pyrrole nitrogens is 1. The molecular weight excluding hydrogens is 421 g/mol. The van der Waals surface area contributed by atoms with E-state index >= 15 is 0 Å². The van der Waals surface area contributed by atoms with Crippen LogP contribution in [0.1, 0.15) is 36.9 Å². The molecule has 166 valence electrons. The molecule has 4 atom stereocenters. The maximum Gasteiger partial charge on any atom is 0.417 e. The number of hydrogen-bond acceptors (Lipinski definition) is 6. The topological polar surface area (TPSA) is 114 Å². The van der Waals surface area contributed by atoms with Gasteiger partial charge in [0, 0.05) is 24.3 Å². The first-order valence-electron chi connectivity index (χ1n) is 10.1. The average Bonchev–Trinajstić information content (AvgIpc) is 3.20. The van der Waals surface area contributed by atoms with Crippen molar-refractivity contribution in [2.75, 3.05) is 12.3 Å². The summed E-state index contributed by atoms with van der Waals surface area (Å²) in [5.41, 5.74) is 11.3. The van der Waals surface area contributed by atoms with Crippen molar-refractivity contribution in [2.45, 2.75) is 57.0 Å². The first-order valence-corrected chi connectivity index (χ1v) is 10.5. The third-order valence-corrected chi connectivity index (χ3v) is 7.00. The van der Waals surface area contributed by atoms with E-state index in [1.807, 2.05) is 6.92 Å². The second kappa shape index (κ2) is 7.72. The van der Waals surface area contributed by atoms with E-state index in [1.54, 1.807) is 0 Å². The lowest BCUT2D eigenvalue weighted by molar-refractivity contribution is -0.109. The Labute approximate surface area is 177 Å². The van der Waals surface area contributed by atoms with Gasteiger partial charge in [-0.1, -0.05) is 19.3 Å². The maximum atomic E-state index is 13.8. The largest absolute Gasteiger partial charge is 0.417 e. The number of anilines is 1. The van der Waals surface area contributed by atoms with Crippen LogP contribution in [-0.2, 0) is 11.2 Å². The van der Waals surface area contributed by atoms with Gasteiger partial charge in [0.05, 0.1) is 17.4 Å². The number of ether oxygens (including phenoxy) is 1. The molecule has 2 fully saturated rings. The molecule has 30 heavy (non-hydrogen) atoms. The van der Waals surface area contributed by atoms with Crippen molar-refractivity contribution in [3.63, 3.8) is 0 Å². The van der Waals surface area contributed by atoms with E-state index in [0.29, 0.717) is 31.2 Å². The van der Waals surface area contributed by atoms with E-state index < -0.39 is 29.4 Å². The summed E-state index contributed by atoms with van der Waals surface area (Å²) in [5.74, 6) is 0.155. The van der Waals surface area contributed by atoms with Gasteiger partial charge in [-0.3, -0.25) is 5.10 Å². The molecule has 0 amide bonds. The Hall–Kier alpha value is -1.78. The third-order valence-electron chi connectivity index (χ3n) is 6.81. The Balaban J connectivity index is 1.68. The highest BCUT2D eigenvalue weighted by molar-refractivity contribution is 6.65. The molecule has 1 aromatic rings. The number of aromatic nitrogens is 2. The van der Waals surface area contributed by atoms with Gasteiger partial charge in [-0.2, -0.15) is 18.3 Å². The van der Waals surface area contributed by atoms with Gasteiger partial charge in [-0.15, -0.1) is 0 Å². The molecule has 0 radical (unpaired) electrons. The van der Waals surface area contributed by atoms with Crippen molar-refractivity contribution in [3.05, 3.63) is 23.0 Å². The fourth-order valence-corrected chi connectivity index (χ4v) is 5.21. The minimum Gasteiger partial charge on any atom is -0.384 e. The zero-order valence-corrected chi connectivity index (χ0v) is 17.4. The Morgan fingerprint density at radius 2 is 2.10 bits per heavy atom. The Kier molecular flexibility index (Phi) is 5.52. The summed E-state index contributed by atoms with van der Waals surface area (Å²) in [6, 6.07) is 0. The van der Waals surface area contributed by atoms with E-state index in [9.17, 15) is 13.2 Å². The van der Waals surface area contributed by atoms with Crippen molar-refractivity contribution in [3.8, 4) is 0 Å². The summed E-state index contributed by atoms with van der Waals surface area (Å²) in [7, 11) is 0. The van der Waals surface area contributed by atoms with Gasteiger partial charge in [-0.25, -0.2) is 4.99 Å². The standard InChI is InChI=1S/C19H26ClF3N6O/c1-9-11(16(24)29-28-9)7-12(10-3-2-4-10)15-13(5-6-30-15)18(25)14(19(21,22)23)8-26-17(20)27-18/h8,10,12-13,15H,2-7,25H2,1H3,(H,26,27)(H3,24,28,29). The number of halogens is 4. The second-order valence-corrected chi connectivity index (χ2v) is 8.80. The molecule has 3 aliphatic rings. The van der Waals surface area contributed by atoms with Gasteiger partial charge in [0.15, 0.2) is 5.29 Å². The lowest BCUT2D eigenvalue weighted by atomic mass is 9.66. The van der Waals surface area contributed by atoms with Gasteiger partial charge >= 0.3 is 6.18 Å². The van der Waals surface area contributed by atoms with E-state index in [0.717, 1.165) is 36.7 Å². The smallest absolute Gasteiger partial charge is 0.384 e. The number of hydrogen-bond donors (Lipinski definition) is 4. The predicted octanol–water partition coefficient (Wildman–Crippen LogP) is 2.96. The van der Waals surface area contributed by atoms with Crippen LogP contribution in [0.4, 0.5) is 19.0 Å². The van der Waals surface area contributed by atoms with Crippen molar-refractivity contribution in [2.24, 2.45) is 28.5 Å². The van der Waals surface area contributed by atoms with Crippen molar-refractivity contribution in [1.82, 2.24) is 15.5 Å². The van der Waals surface area contributed by atoms with E-state index in [4.69, 9.17) is 27.8 Å². The lowest BCUT2D eigenvalue weighted by Crippen LogP contribution is -2.67. The first kappa shape index (κ1) is 21.5. The molecule has 6 N–H and O–H groups in total. The molecule has 2 aliphatic heterocycles. The SMILES string of the molecule is Cc1n[nH]c(N)c1CC(C1CCC1)C1OCCC1C1(N)NC(Cl)=NC=C1C(F)(F)F. The van der Waals surface area contributed by atoms with Crippen molar-refractivity contribution >= 4 is 22.7 Å². The van der Waals surface area contributed by atoms with Gasteiger partial charge in [0.2, 0.25) is 0 Å². The van der Waals surface area contributed by atoms with Crippen LogP contribution >= 0.6 is 11.6 Å². The number of aromatic amines is 1. The molecule has 4 unspecified atom stereocenters. The molecule has 1 saturated heterocycles. The zero-order valence-electron chi connectivity index (χ0n) is 16.6. The predicted molar refractivity (Wildman–Crippen MR) is 108 cm³/mol. The number of nitrogens with zero attached hydrogens (tertiary/aromatic N) is 2. The Morgan fingerprint density at radius 3 is 2.67 bits per heavy atom. The van der Waals surface area contributed by atoms with E-state index in [2.05, 4.69) is 20.5 Å². The van der Waals surface area contributed by atoms with Crippen LogP contribution in [0, 0.1) is 24.7 Å². The molecule has 1 saturated carbocycles.